The molecule has 2 aromatic rings. The molecule has 0 atom stereocenters. The lowest BCUT2D eigenvalue weighted by atomic mass is 9.79. The van der Waals surface area contributed by atoms with Crippen molar-refractivity contribution in [1.29, 1.82) is 5.26 Å². The van der Waals surface area contributed by atoms with Crippen LogP contribution in [0.5, 0.6) is 0 Å². The molecule has 0 radical (unpaired) electrons. The third kappa shape index (κ3) is 3.84. The van der Waals surface area contributed by atoms with E-state index in [1.54, 1.807) is 12.4 Å². The van der Waals surface area contributed by atoms with Crippen LogP contribution in [0.25, 0.3) is 5.70 Å². The van der Waals surface area contributed by atoms with Crippen molar-refractivity contribution >= 4 is 30.3 Å². The number of halogens is 1. The standard InChI is InChI=1S/C22H24FN7/c1-26-20(21-18-8-9-27-22(18)29-13-30(21)25)15-4-2-14(3-5-15)12-28-19-7-6-17(23)10-16(19)11-24/h6-10,13-15,27-28H,1-5,12,25H2/b21-20-. The molecule has 0 saturated heterocycles. The summed E-state index contributed by atoms with van der Waals surface area (Å²) in [5.74, 6) is 7.29. The van der Waals surface area contributed by atoms with Crippen LogP contribution >= 0.6 is 0 Å². The van der Waals surface area contributed by atoms with Gasteiger partial charge in [-0.05, 0) is 62.6 Å². The zero-order valence-corrected chi connectivity index (χ0v) is 16.6. The number of rotatable bonds is 5. The number of hydrazine groups is 1. The number of hydrogen-bond acceptors (Lipinski definition) is 6. The largest absolute Gasteiger partial charge is 0.384 e. The molecular formula is C22H24FN7. The molecule has 1 aromatic heterocycles. The molecule has 2 aliphatic rings. The minimum absolute atomic E-state index is 0.273. The zero-order chi connectivity index (χ0) is 21.1. The van der Waals surface area contributed by atoms with Gasteiger partial charge >= 0.3 is 0 Å². The van der Waals surface area contributed by atoms with Crippen LogP contribution in [-0.4, -0.2) is 29.6 Å². The molecule has 8 heteroatoms. The van der Waals surface area contributed by atoms with E-state index in [-0.39, 0.29) is 5.92 Å². The first-order valence-corrected chi connectivity index (χ1v) is 10.0. The Kier molecular flexibility index (Phi) is 5.63. The van der Waals surface area contributed by atoms with E-state index in [0.717, 1.165) is 55.0 Å². The molecule has 2 heterocycles. The Balaban J connectivity index is 1.43. The molecule has 0 unspecified atom stereocenters. The average Bonchev–Trinajstić information content (AvgIpc) is 3.24. The minimum Gasteiger partial charge on any atom is -0.384 e. The molecule has 0 spiro atoms. The number of allylic oxidation sites excluding steroid dienone is 1. The maximum Gasteiger partial charge on any atom is 0.141 e. The SMILES string of the molecule is C=N/C(=C1/c2cc[nH]c2N=CN1N)C1CCC(CNc2ccc(F)cc2C#N)CC1. The minimum atomic E-state index is -0.401. The second-order valence-corrected chi connectivity index (χ2v) is 7.68. The van der Waals surface area contributed by atoms with Gasteiger partial charge in [0.2, 0.25) is 0 Å². The summed E-state index contributed by atoms with van der Waals surface area (Å²) in [6, 6.07) is 8.25. The maximum atomic E-state index is 13.3. The van der Waals surface area contributed by atoms with Crippen LogP contribution in [0.3, 0.4) is 0 Å². The number of nitrogens with zero attached hydrogens (tertiary/aromatic N) is 4. The van der Waals surface area contributed by atoms with Crippen molar-refractivity contribution in [3.8, 4) is 6.07 Å². The Bertz CT molecular complexity index is 1040. The molecule has 154 valence electrons. The first-order valence-electron chi connectivity index (χ1n) is 10.0. The number of benzene rings is 1. The van der Waals surface area contributed by atoms with Gasteiger partial charge in [0.05, 0.1) is 22.6 Å². The van der Waals surface area contributed by atoms with Gasteiger partial charge in [-0.3, -0.25) is 10.0 Å². The van der Waals surface area contributed by atoms with E-state index in [1.807, 2.05) is 18.3 Å². The molecule has 1 fully saturated rings. The number of nitriles is 1. The molecule has 4 rings (SSSR count). The predicted molar refractivity (Wildman–Crippen MR) is 116 cm³/mol. The van der Waals surface area contributed by atoms with E-state index in [1.165, 1.54) is 17.1 Å². The van der Waals surface area contributed by atoms with Gasteiger partial charge in [-0.25, -0.2) is 15.2 Å². The van der Waals surface area contributed by atoms with Crippen LogP contribution in [0.4, 0.5) is 15.9 Å². The van der Waals surface area contributed by atoms with Gasteiger partial charge in [-0.1, -0.05) is 0 Å². The lowest BCUT2D eigenvalue weighted by Crippen LogP contribution is -2.32. The van der Waals surface area contributed by atoms with Crippen molar-refractivity contribution < 1.29 is 4.39 Å². The molecule has 1 aromatic carbocycles. The third-order valence-electron chi connectivity index (χ3n) is 5.88. The van der Waals surface area contributed by atoms with Gasteiger partial charge in [0.25, 0.3) is 0 Å². The monoisotopic (exact) mass is 405 g/mol. The van der Waals surface area contributed by atoms with Crippen molar-refractivity contribution in [2.75, 3.05) is 11.9 Å². The second-order valence-electron chi connectivity index (χ2n) is 7.68. The van der Waals surface area contributed by atoms with E-state index in [2.05, 4.69) is 27.0 Å². The first-order chi connectivity index (χ1) is 14.6. The molecule has 1 aliphatic heterocycles. The fourth-order valence-electron chi connectivity index (χ4n) is 4.30. The summed E-state index contributed by atoms with van der Waals surface area (Å²) in [6.07, 6.45) is 7.42. The first kappa shape index (κ1) is 19.9. The smallest absolute Gasteiger partial charge is 0.141 e. The number of nitrogens with one attached hydrogen (secondary N) is 2. The summed E-state index contributed by atoms with van der Waals surface area (Å²) in [4.78, 5) is 11.8. The van der Waals surface area contributed by atoms with Crippen LogP contribution in [0, 0.1) is 29.0 Å². The van der Waals surface area contributed by atoms with Gasteiger partial charge in [0.15, 0.2) is 0 Å². The van der Waals surface area contributed by atoms with Crippen LogP contribution in [-0.2, 0) is 0 Å². The Hall–Kier alpha value is -3.44. The fourth-order valence-corrected chi connectivity index (χ4v) is 4.30. The van der Waals surface area contributed by atoms with Gasteiger partial charge in [0, 0.05) is 24.2 Å². The zero-order valence-electron chi connectivity index (χ0n) is 16.6. The predicted octanol–water partition coefficient (Wildman–Crippen LogP) is 4.16. The quantitative estimate of drug-likeness (QED) is 0.513. The van der Waals surface area contributed by atoms with Crippen molar-refractivity contribution in [3.05, 3.63) is 53.1 Å². The van der Waals surface area contributed by atoms with Crippen LogP contribution in [0.1, 0.15) is 36.8 Å². The van der Waals surface area contributed by atoms with E-state index in [0.29, 0.717) is 17.2 Å². The molecule has 1 saturated carbocycles. The van der Waals surface area contributed by atoms with Crippen LogP contribution in [0.2, 0.25) is 0 Å². The number of fused-ring (bicyclic) bond motifs is 1. The molecule has 1 aliphatic carbocycles. The summed E-state index contributed by atoms with van der Waals surface area (Å²) in [7, 11) is 0. The lowest BCUT2D eigenvalue weighted by Gasteiger charge is -2.32. The summed E-state index contributed by atoms with van der Waals surface area (Å²) < 4.78 is 13.3. The van der Waals surface area contributed by atoms with Crippen molar-refractivity contribution in [2.24, 2.45) is 27.7 Å². The van der Waals surface area contributed by atoms with E-state index in [4.69, 9.17) is 5.84 Å². The average molecular weight is 405 g/mol. The summed E-state index contributed by atoms with van der Waals surface area (Å²) in [5, 5.41) is 14.0. The third-order valence-corrected chi connectivity index (χ3v) is 5.88. The Morgan fingerprint density at radius 3 is 2.90 bits per heavy atom. The highest BCUT2D eigenvalue weighted by atomic mass is 19.1. The number of hydrogen-bond donors (Lipinski definition) is 3. The lowest BCUT2D eigenvalue weighted by molar-refractivity contribution is 0.310. The number of H-pyrrole nitrogens is 1. The van der Waals surface area contributed by atoms with Gasteiger partial charge in [-0.2, -0.15) is 5.26 Å². The highest BCUT2D eigenvalue weighted by molar-refractivity contribution is 5.87. The number of aromatic amines is 1. The molecule has 30 heavy (non-hydrogen) atoms. The van der Waals surface area contributed by atoms with Gasteiger partial charge < -0.3 is 10.3 Å². The van der Waals surface area contributed by atoms with E-state index in [9.17, 15) is 9.65 Å². The molecular weight excluding hydrogens is 381 g/mol. The summed E-state index contributed by atoms with van der Waals surface area (Å²) in [5.41, 5.74) is 3.70. The maximum absolute atomic E-state index is 13.3. The van der Waals surface area contributed by atoms with Crippen molar-refractivity contribution in [3.63, 3.8) is 0 Å². The highest BCUT2D eigenvalue weighted by Gasteiger charge is 2.29. The number of aliphatic imine (C=N–C) groups is 2. The van der Waals surface area contributed by atoms with Gasteiger partial charge in [0.1, 0.15) is 24.0 Å². The summed E-state index contributed by atoms with van der Waals surface area (Å²) >= 11 is 0. The fraction of sp³-hybridized carbons (Fsp3) is 0.318. The van der Waals surface area contributed by atoms with Crippen LogP contribution < -0.4 is 11.2 Å². The van der Waals surface area contributed by atoms with E-state index < -0.39 is 5.82 Å². The van der Waals surface area contributed by atoms with Crippen molar-refractivity contribution in [1.82, 2.24) is 9.99 Å². The van der Waals surface area contributed by atoms with Crippen LogP contribution in [0.15, 0.2) is 46.1 Å². The molecule has 0 amide bonds. The number of nitrogens with two attached hydrogens (primary N) is 1. The van der Waals surface area contributed by atoms with E-state index >= 15 is 0 Å². The Morgan fingerprint density at radius 1 is 1.37 bits per heavy atom. The second kappa shape index (κ2) is 8.51. The molecule has 4 N–H and O–H groups in total. The normalized spacial score (nSPS) is 22.2. The van der Waals surface area contributed by atoms with Gasteiger partial charge in [-0.15, -0.1) is 0 Å². The number of anilines is 1. The topological polar surface area (TPSA) is 106 Å². The number of aromatic nitrogens is 1. The van der Waals surface area contributed by atoms with Crippen molar-refractivity contribution in [2.45, 2.75) is 25.7 Å². The molecule has 7 nitrogen and oxygen atoms in total. The molecule has 0 bridgehead atoms. The Labute approximate surface area is 174 Å². The highest BCUT2D eigenvalue weighted by Crippen LogP contribution is 2.40. The summed E-state index contributed by atoms with van der Waals surface area (Å²) in [6.45, 7) is 4.55. The Morgan fingerprint density at radius 2 is 2.17 bits per heavy atom.